The van der Waals surface area contributed by atoms with Crippen LogP contribution in [0.5, 0.6) is 11.5 Å². The summed E-state index contributed by atoms with van der Waals surface area (Å²) < 4.78 is 10.5. The first-order chi connectivity index (χ1) is 9.31. The summed E-state index contributed by atoms with van der Waals surface area (Å²) in [7, 11) is 3.31. The number of nitrogens with zero attached hydrogens (tertiary/aromatic N) is 1. The van der Waals surface area contributed by atoms with Gasteiger partial charge in [-0.15, -0.1) is 0 Å². The zero-order valence-corrected chi connectivity index (χ0v) is 11.2. The van der Waals surface area contributed by atoms with Gasteiger partial charge in [0, 0.05) is 31.5 Å². The molecule has 19 heavy (non-hydrogen) atoms. The molecule has 4 heteroatoms. The Morgan fingerprint density at radius 3 is 2.05 bits per heavy atom. The van der Waals surface area contributed by atoms with Crippen LogP contribution in [0.2, 0.25) is 0 Å². The van der Waals surface area contributed by atoms with E-state index in [1.54, 1.807) is 26.6 Å². The highest BCUT2D eigenvalue weighted by molar-refractivity contribution is 5.38. The molecule has 0 aliphatic carbocycles. The summed E-state index contributed by atoms with van der Waals surface area (Å²) in [5.41, 5.74) is 2.34. The van der Waals surface area contributed by atoms with Crippen LogP contribution < -0.4 is 14.8 Å². The third-order valence-corrected chi connectivity index (χ3v) is 2.82. The van der Waals surface area contributed by atoms with Crippen molar-refractivity contribution >= 4 is 0 Å². The predicted octanol–water partition coefficient (Wildman–Crippen LogP) is 2.39. The molecule has 0 saturated carbocycles. The molecule has 100 valence electrons. The Morgan fingerprint density at radius 2 is 1.47 bits per heavy atom. The molecule has 0 atom stereocenters. The molecule has 1 aromatic carbocycles. The first-order valence-electron chi connectivity index (χ1n) is 6.13. The van der Waals surface area contributed by atoms with Gasteiger partial charge in [-0.25, -0.2) is 0 Å². The third-order valence-electron chi connectivity index (χ3n) is 2.82. The quantitative estimate of drug-likeness (QED) is 0.864. The standard InChI is InChI=1S/C15H18N2O2/c1-18-14-7-13(8-15(9-14)19-2)11-17-10-12-3-5-16-6-4-12/h3-9,17H,10-11H2,1-2H3. The molecule has 0 radical (unpaired) electrons. The van der Waals surface area contributed by atoms with Crippen LogP contribution in [0, 0.1) is 0 Å². The van der Waals surface area contributed by atoms with Crippen LogP contribution in [0.1, 0.15) is 11.1 Å². The summed E-state index contributed by atoms with van der Waals surface area (Å²) in [6.07, 6.45) is 3.59. The number of hydrogen-bond acceptors (Lipinski definition) is 4. The lowest BCUT2D eigenvalue weighted by Crippen LogP contribution is -2.12. The SMILES string of the molecule is COc1cc(CNCc2ccncc2)cc(OC)c1. The van der Waals surface area contributed by atoms with Gasteiger partial charge in [-0.05, 0) is 35.4 Å². The fourth-order valence-corrected chi connectivity index (χ4v) is 1.82. The van der Waals surface area contributed by atoms with Crippen LogP contribution in [0.4, 0.5) is 0 Å². The number of hydrogen-bond donors (Lipinski definition) is 1. The Morgan fingerprint density at radius 1 is 0.895 bits per heavy atom. The molecule has 0 unspecified atom stereocenters. The van der Waals surface area contributed by atoms with E-state index >= 15 is 0 Å². The van der Waals surface area contributed by atoms with Gasteiger partial charge in [-0.3, -0.25) is 4.98 Å². The van der Waals surface area contributed by atoms with Crippen LogP contribution >= 0.6 is 0 Å². The highest BCUT2D eigenvalue weighted by atomic mass is 16.5. The van der Waals surface area contributed by atoms with Gasteiger partial charge >= 0.3 is 0 Å². The maximum atomic E-state index is 5.25. The van der Waals surface area contributed by atoms with Gasteiger partial charge in [0.1, 0.15) is 11.5 Å². The Labute approximate surface area is 113 Å². The van der Waals surface area contributed by atoms with Gasteiger partial charge in [0.15, 0.2) is 0 Å². The first kappa shape index (κ1) is 13.4. The second kappa shape index (κ2) is 6.75. The lowest BCUT2D eigenvalue weighted by atomic mass is 10.2. The Hall–Kier alpha value is -2.07. The van der Waals surface area contributed by atoms with E-state index in [9.17, 15) is 0 Å². The molecule has 0 bridgehead atoms. The van der Waals surface area contributed by atoms with E-state index in [1.807, 2.05) is 30.3 Å². The second-order valence-corrected chi connectivity index (χ2v) is 4.18. The summed E-state index contributed by atoms with van der Waals surface area (Å²) >= 11 is 0. The minimum absolute atomic E-state index is 0.760. The number of nitrogens with one attached hydrogen (secondary N) is 1. The molecule has 0 spiro atoms. The molecule has 2 aromatic rings. The maximum Gasteiger partial charge on any atom is 0.122 e. The molecule has 0 amide bonds. The lowest BCUT2D eigenvalue weighted by Gasteiger charge is -2.09. The van der Waals surface area contributed by atoms with Gasteiger partial charge in [0.05, 0.1) is 14.2 Å². The fraction of sp³-hybridized carbons (Fsp3) is 0.267. The number of aromatic nitrogens is 1. The molecule has 1 N–H and O–H groups in total. The number of pyridine rings is 1. The Kier molecular flexibility index (Phi) is 4.75. The molecule has 0 aliphatic rings. The summed E-state index contributed by atoms with van der Waals surface area (Å²) in [4.78, 5) is 4.00. The molecule has 1 aromatic heterocycles. The highest BCUT2D eigenvalue weighted by Gasteiger charge is 2.01. The topological polar surface area (TPSA) is 43.4 Å². The Balaban J connectivity index is 1.95. The predicted molar refractivity (Wildman–Crippen MR) is 74.3 cm³/mol. The van der Waals surface area contributed by atoms with Crippen molar-refractivity contribution in [3.05, 3.63) is 53.9 Å². The monoisotopic (exact) mass is 258 g/mol. The van der Waals surface area contributed by atoms with E-state index in [4.69, 9.17) is 9.47 Å². The van der Waals surface area contributed by atoms with Gasteiger partial charge < -0.3 is 14.8 Å². The van der Waals surface area contributed by atoms with Crippen LogP contribution in [0.25, 0.3) is 0 Å². The van der Waals surface area contributed by atoms with E-state index in [0.29, 0.717) is 0 Å². The van der Waals surface area contributed by atoms with Crippen molar-refractivity contribution in [2.75, 3.05) is 14.2 Å². The van der Waals surface area contributed by atoms with Gasteiger partial charge in [-0.2, -0.15) is 0 Å². The van der Waals surface area contributed by atoms with Crippen molar-refractivity contribution in [1.82, 2.24) is 10.3 Å². The van der Waals surface area contributed by atoms with Crippen molar-refractivity contribution in [1.29, 1.82) is 0 Å². The number of benzene rings is 1. The number of methoxy groups -OCH3 is 2. The van der Waals surface area contributed by atoms with E-state index in [2.05, 4.69) is 10.3 Å². The van der Waals surface area contributed by atoms with Crippen LogP contribution in [-0.4, -0.2) is 19.2 Å². The maximum absolute atomic E-state index is 5.25. The molecule has 4 nitrogen and oxygen atoms in total. The van der Waals surface area contributed by atoms with Crippen molar-refractivity contribution in [2.45, 2.75) is 13.1 Å². The average molecular weight is 258 g/mol. The summed E-state index contributed by atoms with van der Waals surface area (Å²) in [6.45, 7) is 1.57. The molecule has 0 fully saturated rings. The molecule has 0 saturated heterocycles. The van der Waals surface area contributed by atoms with Crippen LogP contribution in [0.3, 0.4) is 0 Å². The Bertz CT molecular complexity index is 493. The van der Waals surface area contributed by atoms with E-state index in [-0.39, 0.29) is 0 Å². The third kappa shape index (κ3) is 3.96. The minimum Gasteiger partial charge on any atom is -0.497 e. The van der Waals surface area contributed by atoms with Crippen LogP contribution in [0.15, 0.2) is 42.7 Å². The number of ether oxygens (including phenoxy) is 2. The smallest absolute Gasteiger partial charge is 0.122 e. The highest BCUT2D eigenvalue weighted by Crippen LogP contribution is 2.22. The van der Waals surface area contributed by atoms with Crippen molar-refractivity contribution in [3.63, 3.8) is 0 Å². The van der Waals surface area contributed by atoms with Crippen molar-refractivity contribution in [2.24, 2.45) is 0 Å². The largest absolute Gasteiger partial charge is 0.497 e. The molecule has 1 heterocycles. The van der Waals surface area contributed by atoms with Crippen molar-refractivity contribution < 1.29 is 9.47 Å². The minimum atomic E-state index is 0.760. The summed E-state index contributed by atoms with van der Waals surface area (Å²) in [5.74, 6) is 1.61. The van der Waals surface area contributed by atoms with Gasteiger partial charge in [-0.1, -0.05) is 0 Å². The molecule has 2 rings (SSSR count). The van der Waals surface area contributed by atoms with E-state index in [0.717, 1.165) is 30.2 Å². The zero-order chi connectivity index (χ0) is 13.5. The number of rotatable bonds is 6. The van der Waals surface area contributed by atoms with Crippen LogP contribution in [-0.2, 0) is 13.1 Å². The lowest BCUT2D eigenvalue weighted by molar-refractivity contribution is 0.393. The molecular formula is C15H18N2O2. The molecule has 0 aliphatic heterocycles. The summed E-state index contributed by atoms with van der Waals surface area (Å²) in [5, 5.41) is 3.38. The molecular weight excluding hydrogens is 240 g/mol. The van der Waals surface area contributed by atoms with Gasteiger partial charge in [0.2, 0.25) is 0 Å². The van der Waals surface area contributed by atoms with Crippen molar-refractivity contribution in [3.8, 4) is 11.5 Å². The van der Waals surface area contributed by atoms with Gasteiger partial charge in [0.25, 0.3) is 0 Å². The summed E-state index contributed by atoms with van der Waals surface area (Å²) in [6, 6.07) is 9.87. The average Bonchev–Trinajstić information content (AvgIpc) is 2.48. The first-order valence-corrected chi connectivity index (χ1v) is 6.13. The van der Waals surface area contributed by atoms with E-state index < -0.39 is 0 Å². The normalized spacial score (nSPS) is 10.2. The second-order valence-electron chi connectivity index (χ2n) is 4.18. The zero-order valence-electron chi connectivity index (χ0n) is 11.2. The van der Waals surface area contributed by atoms with E-state index in [1.165, 1.54) is 5.56 Å². The fourth-order valence-electron chi connectivity index (χ4n) is 1.82.